The Morgan fingerprint density at radius 3 is 2.07 bits per heavy atom. The van der Waals surface area contributed by atoms with Gasteiger partial charge in [0.25, 0.3) is 0 Å². The molecule has 0 saturated carbocycles. The van der Waals surface area contributed by atoms with Crippen LogP contribution < -0.4 is 0 Å². The lowest BCUT2D eigenvalue weighted by atomic mass is 10.2. The van der Waals surface area contributed by atoms with Crippen molar-refractivity contribution in [1.29, 1.82) is 0 Å². The number of hydrogen-bond acceptors (Lipinski definition) is 1. The second kappa shape index (κ2) is 4.08. The van der Waals surface area contributed by atoms with Gasteiger partial charge >= 0.3 is 0 Å². The highest BCUT2D eigenvalue weighted by Gasteiger charge is 2.22. The monoisotopic (exact) mass is 234 g/mol. The Bertz CT molecular complexity index is 380. The van der Waals surface area contributed by atoms with Crippen LogP contribution in [0.3, 0.4) is 0 Å². The lowest BCUT2D eigenvalue weighted by Crippen LogP contribution is -2.09. The Morgan fingerprint density at radius 2 is 1.60 bits per heavy atom. The predicted molar refractivity (Wildman–Crippen MR) is 56.7 cm³/mol. The Balaban J connectivity index is 3.24. The Morgan fingerprint density at radius 1 is 1.07 bits per heavy atom. The Labute approximate surface area is 91.9 Å². The fourth-order valence-corrected chi connectivity index (χ4v) is 2.04. The van der Waals surface area contributed by atoms with Crippen LogP contribution >= 0.6 is 11.8 Å². The highest BCUT2D eigenvalue weighted by Crippen LogP contribution is 2.36. The fourth-order valence-electron chi connectivity index (χ4n) is 1.10. The van der Waals surface area contributed by atoms with Gasteiger partial charge in [0.2, 0.25) is 0 Å². The normalized spacial score (nSPS) is 11.9. The summed E-state index contributed by atoms with van der Waals surface area (Å²) < 4.78 is 39.6. The molecule has 0 fully saturated rings. The number of aryl methyl sites for hydroxylation is 1. The van der Waals surface area contributed by atoms with E-state index in [4.69, 9.17) is 0 Å². The third kappa shape index (κ3) is 2.91. The Hall–Kier alpha value is -0.640. The van der Waals surface area contributed by atoms with Crippen LogP contribution in [-0.2, 0) is 0 Å². The summed E-state index contributed by atoms with van der Waals surface area (Å²) in [6.45, 7) is 6.78. The number of hydrogen-bond donors (Lipinski definition) is 0. The topological polar surface area (TPSA) is 0 Å². The number of thioether (sulfide) groups is 1. The van der Waals surface area contributed by atoms with Crippen LogP contribution in [0, 0.1) is 24.4 Å². The first-order valence-corrected chi connectivity index (χ1v) is 5.37. The zero-order valence-electron chi connectivity index (χ0n) is 9.12. The minimum Gasteiger partial charge on any atom is -0.206 e. The quantitative estimate of drug-likeness (QED) is 0.515. The number of benzene rings is 1. The van der Waals surface area contributed by atoms with Crippen molar-refractivity contribution in [2.45, 2.75) is 37.3 Å². The summed E-state index contributed by atoms with van der Waals surface area (Å²) in [7, 11) is 0. The summed E-state index contributed by atoms with van der Waals surface area (Å²) in [5.74, 6) is -2.76. The van der Waals surface area contributed by atoms with Crippen molar-refractivity contribution >= 4 is 11.8 Å². The molecule has 0 unspecified atom stereocenters. The first kappa shape index (κ1) is 12.4. The second-order valence-corrected chi connectivity index (χ2v) is 6.18. The van der Waals surface area contributed by atoms with Crippen molar-refractivity contribution < 1.29 is 13.2 Å². The molecule has 0 spiro atoms. The van der Waals surface area contributed by atoms with Crippen LogP contribution in [0.25, 0.3) is 0 Å². The molecule has 0 amide bonds. The third-order valence-electron chi connectivity index (χ3n) is 1.71. The first-order valence-electron chi connectivity index (χ1n) is 4.55. The average Bonchev–Trinajstić information content (AvgIpc) is 2.07. The zero-order chi connectivity index (χ0) is 11.8. The van der Waals surface area contributed by atoms with Gasteiger partial charge in [-0.05, 0) is 18.6 Å². The van der Waals surface area contributed by atoms with E-state index in [0.29, 0.717) is 0 Å². The smallest absolute Gasteiger partial charge is 0.175 e. The molecule has 15 heavy (non-hydrogen) atoms. The summed E-state index contributed by atoms with van der Waals surface area (Å²) in [4.78, 5) is -0.245. The molecule has 1 aromatic rings. The van der Waals surface area contributed by atoms with E-state index in [-0.39, 0.29) is 15.2 Å². The molecular weight excluding hydrogens is 221 g/mol. The SMILES string of the molecule is Cc1cc(F)c(SC(C)(C)C)c(F)c1F. The van der Waals surface area contributed by atoms with E-state index < -0.39 is 17.5 Å². The fraction of sp³-hybridized carbons (Fsp3) is 0.455. The summed E-state index contributed by atoms with van der Waals surface area (Å²) >= 11 is 0.987. The lowest BCUT2D eigenvalue weighted by molar-refractivity contribution is 0.461. The molecule has 4 heteroatoms. The van der Waals surface area contributed by atoms with Crippen LogP contribution in [0.2, 0.25) is 0 Å². The summed E-state index contributed by atoms with van der Waals surface area (Å²) in [6.07, 6.45) is 0. The molecule has 1 aromatic carbocycles. The molecule has 0 aliphatic rings. The van der Waals surface area contributed by atoms with Crippen molar-refractivity contribution in [2.75, 3.05) is 0 Å². The molecule has 0 aliphatic heterocycles. The van der Waals surface area contributed by atoms with E-state index in [2.05, 4.69) is 0 Å². The first-order chi connectivity index (χ1) is 6.72. The molecule has 84 valence electrons. The maximum Gasteiger partial charge on any atom is 0.175 e. The van der Waals surface area contributed by atoms with Gasteiger partial charge in [-0.2, -0.15) is 0 Å². The second-order valence-electron chi connectivity index (χ2n) is 4.35. The van der Waals surface area contributed by atoms with Gasteiger partial charge in [0.1, 0.15) is 5.82 Å². The van der Waals surface area contributed by atoms with Crippen molar-refractivity contribution in [1.82, 2.24) is 0 Å². The molecule has 0 atom stereocenters. The number of halogens is 3. The largest absolute Gasteiger partial charge is 0.206 e. The molecule has 0 heterocycles. The average molecular weight is 234 g/mol. The summed E-state index contributed by atoms with van der Waals surface area (Å²) in [5.41, 5.74) is -0.0109. The molecule has 0 saturated heterocycles. The summed E-state index contributed by atoms with van der Waals surface area (Å²) in [5, 5.41) is 0. The van der Waals surface area contributed by atoms with Gasteiger partial charge in [-0.1, -0.05) is 20.8 Å². The molecule has 0 aromatic heterocycles. The molecule has 0 radical (unpaired) electrons. The van der Waals surface area contributed by atoms with Gasteiger partial charge in [-0.25, -0.2) is 13.2 Å². The molecular formula is C11H13F3S. The minimum atomic E-state index is -1.09. The molecule has 0 nitrogen and oxygen atoms in total. The van der Waals surface area contributed by atoms with Crippen molar-refractivity contribution in [3.05, 3.63) is 29.1 Å². The van der Waals surface area contributed by atoms with E-state index in [9.17, 15) is 13.2 Å². The highest BCUT2D eigenvalue weighted by atomic mass is 32.2. The van der Waals surface area contributed by atoms with Gasteiger partial charge in [0.15, 0.2) is 11.6 Å². The van der Waals surface area contributed by atoms with Crippen LogP contribution in [-0.4, -0.2) is 4.75 Å². The molecule has 0 N–H and O–H groups in total. The Kier molecular flexibility index (Phi) is 3.38. The third-order valence-corrected chi connectivity index (χ3v) is 2.90. The van der Waals surface area contributed by atoms with Crippen LogP contribution in [0.4, 0.5) is 13.2 Å². The van der Waals surface area contributed by atoms with E-state index in [0.717, 1.165) is 17.8 Å². The zero-order valence-corrected chi connectivity index (χ0v) is 9.94. The lowest BCUT2D eigenvalue weighted by Gasteiger charge is -2.18. The minimum absolute atomic E-state index is 0.0109. The van der Waals surface area contributed by atoms with E-state index in [1.807, 2.05) is 20.8 Å². The van der Waals surface area contributed by atoms with Crippen molar-refractivity contribution in [3.8, 4) is 0 Å². The number of rotatable bonds is 1. The molecule has 0 bridgehead atoms. The highest BCUT2D eigenvalue weighted by molar-refractivity contribution is 8.00. The maximum absolute atomic E-state index is 13.4. The van der Waals surface area contributed by atoms with Crippen LogP contribution in [0.1, 0.15) is 26.3 Å². The maximum atomic E-state index is 13.4. The van der Waals surface area contributed by atoms with E-state index in [1.54, 1.807) is 0 Å². The van der Waals surface area contributed by atoms with Gasteiger partial charge in [0.05, 0.1) is 4.90 Å². The van der Waals surface area contributed by atoms with Crippen LogP contribution in [0.5, 0.6) is 0 Å². The van der Waals surface area contributed by atoms with Crippen molar-refractivity contribution in [3.63, 3.8) is 0 Å². The van der Waals surface area contributed by atoms with E-state index >= 15 is 0 Å². The standard InChI is InChI=1S/C11H13F3S/c1-6-5-7(12)10(9(14)8(6)13)15-11(2,3)4/h5H,1-4H3. The van der Waals surface area contributed by atoms with Crippen LogP contribution in [0.15, 0.2) is 11.0 Å². The predicted octanol–water partition coefficient (Wildman–Crippen LogP) is 4.30. The van der Waals surface area contributed by atoms with Crippen molar-refractivity contribution in [2.24, 2.45) is 0 Å². The van der Waals surface area contributed by atoms with Gasteiger partial charge < -0.3 is 0 Å². The van der Waals surface area contributed by atoms with Gasteiger partial charge in [-0.15, -0.1) is 11.8 Å². The molecule has 1 rings (SSSR count). The molecule has 0 aliphatic carbocycles. The van der Waals surface area contributed by atoms with E-state index in [1.165, 1.54) is 6.92 Å². The van der Waals surface area contributed by atoms with Gasteiger partial charge in [-0.3, -0.25) is 0 Å². The summed E-state index contributed by atoms with van der Waals surface area (Å²) in [6, 6.07) is 1.02. The van der Waals surface area contributed by atoms with Gasteiger partial charge in [0, 0.05) is 4.75 Å².